The molecule has 20 heavy (non-hydrogen) atoms. The molecular formula is C15H16FN3O. The Morgan fingerprint density at radius 1 is 1.45 bits per heavy atom. The summed E-state index contributed by atoms with van der Waals surface area (Å²) in [6.45, 7) is 0.682. The van der Waals surface area contributed by atoms with Gasteiger partial charge in [0.15, 0.2) is 0 Å². The number of ether oxygens (including phenoxy) is 1. The highest BCUT2D eigenvalue weighted by atomic mass is 19.1. The van der Waals surface area contributed by atoms with Gasteiger partial charge in [-0.1, -0.05) is 11.8 Å². The fraction of sp³-hybridized carbons (Fsp3) is 0.267. The molecule has 2 aromatic rings. The Labute approximate surface area is 117 Å². The molecule has 0 spiro atoms. The van der Waals surface area contributed by atoms with Crippen LogP contribution in [0.5, 0.6) is 5.75 Å². The van der Waals surface area contributed by atoms with Gasteiger partial charge in [0, 0.05) is 25.7 Å². The summed E-state index contributed by atoms with van der Waals surface area (Å²) in [4.78, 5) is 0. The zero-order valence-corrected chi connectivity index (χ0v) is 11.3. The second-order valence-electron chi connectivity index (χ2n) is 4.27. The number of rotatable bonds is 4. The van der Waals surface area contributed by atoms with E-state index < -0.39 is 5.82 Å². The molecule has 0 atom stereocenters. The maximum absolute atomic E-state index is 13.7. The van der Waals surface area contributed by atoms with Crippen LogP contribution in [0.15, 0.2) is 30.6 Å². The van der Waals surface area contributed by atoms with Crippen molar-refractivity contribution in [1.29, 1.82) is 0 Å². The fourth-order valence-electron chi connectivity index (χ4n) is 1.72. The molecule has 0 bridgehead atoms. The summed E-state index contributed by atoms with van der Waals surface area (Å²) in [7, 11) is 1.86. The monoisotopic (exact) mass is 273 g/mol. The van der Waals surface area contributed by atoms with Crippen molar-refractivity contribution in [3.05, 3.63) is 47.5 Å². The van der Waals surface area contributed by atoms with Crippen LogP contribution in [0.2, 0.25) is 0 Å². The van der Waals surface area contributed by atoms with E-state index in [1.807, 2.05) is 13.2 Å². The molecule has 1 aromatic carbocycles. The van der Waals surface area contributed by atoms with Crippen molar-refractivity contribution in [1.82, 2.24) is 9.78 Å². The van der Waals surface area contributed by atoms with Gasteiger partial charge in [-0.25, -0.2) is 4.39 Å². The minimum absolute atomic E-state index is 0.211. The second kappa shape index (κ2) is 6.73. The predicted octanol–water partition coefficient (Wildman–Crippen LogP) is 1.49. The molecule has 0 amide bonds. The molecular weight excluding hydrogens is 257 g/mol. The van der Waals surface area contributed by atoms with Crippen molar-refractivity contribution in [2.45, 2.75) is 6.42 Å². The predicted molar refractivity (Wildman–Crippen MR) is 74.7 cm³/mol. The smallest absolute Gasteiger partial charge is 0.142 e. The van der Waals surface area contributed by atoms with E-state index in [0.29, 0.717) is 17.9 Å². The van der Waals surface area contributed by atoms with Gasteiger partial charge < -0.3 is 10.5 Å². The number of aromatic nitrogens is 2. The highest BCUT2D eigenvalue weighted by Crippen LogP contribution is 2.16. The highest BCUT2D eigenvalue weighted by molar-refractivity contribution is 5.39. The van der Waals surface area contributed by atoms with Crippen LogP contribution in [0.4, 0.5) is 4.39 Å². The van der Waals surface area contributed by atoms with Crippen molar-refractivity contribution in [3.63, 3.8) is 0 Å². The van der Waals surface area contributed by atoms with Gasteiger partial charge in [-0.2, -0.15) is 5.10 Å². The average molecular weight is 273 g/mol. The number of hydrogen-bond acceptors (Lipinski definition) is 3. The highest BCUT2D eigenvalue weighted by Gasteiger charge is 2.03. The van der Waals surface area contributed by atoms with Gasteiger partial charge in [-0.15, -0.1) is 0 Å². The quantitative estimate of drug-likeness (QED) is 0.859. The first-order valence-electron chi connectivity index (χ1n) is 6.28. The lowest BCUT2D eigenvalue weighted by molar-refractivity contribution is 0.320. The maximum Gasteiger partial charge on any atom is 0.142 e. The van der Waals surface area contributed by atoms with Gasteiger partial charge in [0.05, 0.1) is 24.9 Å². The Morgan fingerprint density at radius 2 is 2.30 bits per heavy atom. The SMILES string of the molecule is Cn1cc(CCOc2ccc(C#CCN)c(F)c2)cn1. The summed E-state index contributed by atoms with van der Waals surface area (Å²) >= 11 is 0. The minimum Gasteiger partial charge on any atom is -0.493 e. The first-order chi connectivity index (χ1) is 9.69. The zero-order valence-electron chi connectivity index (χ0n) is 11.3. The molecule has 0 unspecified atom stereocenters. The lowest BCUT2D eigenvalue weighted by Gasteiger charge is -2.05. The van der Waals surface area contributed by atoms with Crippen LogP contribution in [0.25, 0.3) is 0 Å². The second-order valence-corrected chi connectivity index (χ2v) is 4.27. The maximum atomic E-state index is 13.7. The molecule has 1 aromatic heterocycles. The van der Waals surface area contributed by atoms with Crippen molar-refractivity contribution in [3.8, 4) is 17.6 Å². The van der Waals surface area contributed by atoms with Gasteiger partial charge in [0.25, 0.3) is 0 Å². The number of nitrogens with two attached hydrogens (primary N) is 1. The zero-order chi connectivity index (χ0) is 14.4. The molecule has 0 radical (unpaired) electrons. The minimum atomic E-state index is -0.398. The van der Waals surface area contributed by atoms with E-state index in [9.17, 15) is 4.39 Å². The molecule has 1 heterocycles. The summed E-state index contributed by atoms with van der Waals surface area (Å²) in [5.41, 5.74) is 6.66. The normalized spacial score (nSPS) is 9.95. The molecule has 4 nitrogen and oxygen atoms in total. The van der Waals surface area contributed by atoms with E-state index in [2.05, 4.69) is 16.9 Å². The van der Waals surface area contributed by atoms with Crippen molar-refractivity contribution < 1.29 is 9.13 Å². The van der Waals surface area contributed by atoms with Crippen LogP contribution < -0.4 is 10.5 Å². The van der Waals surface area contributed by atoms with Gasteiger partial charge in [0.2, 0.25) is 0 Å². The van der Waals surface area contributed by atoms with Gasteiger partial charge in [0.1, 0.15) is 11.6 Å². The lowest BCUT2D eigenvalue weighted by Crippen LogP contribution is -2.01. The standard InChI is InChI=1S/C15H16FN3O/c1-19-11-12(10-18-19)6-8-20-14-5-4-13(3-2-7-17)15(16)9-14/h4-5,9-11H,6-8,17H2,1H3. The summed E-state index contributed by atoms with van der Waals surface area (Å²) in [5.74, 6) is 5.38. The number of benzene rings is 1. The first-order valence-corrected chi connectivity index (χ1v) is 6.28. The third-order valence-electron chi connectivity index (χ3n) is 2.68. The molecule has 0 saturated carbocycles. The van der Waals surface area contributed by atoms with E-state index in [4.69, 9.17) is 10.5 Å². The van der Waals surface area contributed by atoms with E-state index >= 15 is 0 Å². The van der Waals surface area contributed by atoms with Crippen LogP contribution in [-0.2, 0) is 13.5 Å². The van der Waals surface area contributed by atoms with E-state index in [0.717, 1.165) is 12.0 Å². The molecule has 0 aliphatic carbocycles. The third kappa shape index (κ3) is 3.84. The van der Waals surface area contributed by atoms with Crippen LogP contribution in [0, 0.1) is 17.7 Å². The van der Waals surface area contributed by atoms with Crippen molar-refractivity contribution >= 4 is 0 Å². The Hall–Kier alpha value is -2.32. The molecule has 2 N–H and O–H groups in total. The number of hydrogen-bond donors (Lipinski definition) is 1. The van der Waals surface area contributed by atoms with Gasteiger partial charge in [-0.3, -0.25) is 4.68 Å². The molecule has 0 saturated heterocycles. The van der Waals surface area contributed by atoms with Gasteiger partial charge in [-0.05, 0) is 17.7 Å². The summed E-state index contributed by atoms with van der Waals surface area (Å²) in [6, 6.07) is 4.63. The Balaban J connectivity index is 1.91. The Morgan fingerprint density at radius 3 is 2.95 bits per heavy atom. The molecule has 0 aliphatic heterocycles. The molecule has 104 valence electrons. The van der Waals surface area contributed by atoms with E-state index in [1.165, 1.54) is 6.07 Å². The molecule has 2 rings (SSSR count). The Kier molecular flexibility index (Phi) is 4.75. The Bertz CT molecular complexity index is 640. The van der Waals surface area contributed by atoms with Crippen LogP contribution in [-0.4, -0.2) is 22.9 Å². The van der Waals surface area contributed by atoms with Crippen LogP contribution >= 0.6 is 0 Å². The topological polar surface area (TPSA) is 53.1 Å². The summed E-state index contributed by atoms with van der Waals surface area (Å²) in [5, 5.41) is 4.07. The third-order valence-corrected chi connectivity index (χ3v) is 2.68. The summed E-state index contributed by atoms with van der Waals surface area (Å²) < 4.78 is 20.9. The summed E-state index contributed by atoms with van der Waals surface area (Å²) in [6.07, 6.45) is 4.44. The molecule has 5 heteroatoms. The average Bonchev–Trinajstić information content (AvgIpc) is 2.84. The van der Waals surface area contributed by atoms with Gasteiger partial charge >= 0.3 is 0 Å². The van der Waals surface area contributed by atoms with E-state index in [-0.39, 0.29) is 6.54 Å². The number of nitrogens with zero attached hydrogens (tertiary/aromatic N) is 2. The first kappa shape index (κ1) is 14.1. The molecule has 0 fully saturated rings. The van der Waals surface area contributed by atoms with Crippen molar-refractivity contribution in [2.24, 2.45) is 12.8 Å². The molecule has 0 aliphatic rings. The lowest BCUT2D eigenvalue weighted by atomic mass is 10.2. The van der Waals surface area contributed by atoms with Crippen LogP contribution in [0.1, 0.15) is 11.1 Å². The van der Waals surface area contributed by atoms with Crippen LogP contribution in [0.3, 0.4) is 0 Å². The fourth-order valence-corrected chi connectivity index (χ4v) is 1.72. The number of halogens is 1. The van der Waals surface area contributed by atoms with E-state index in [1.54, 1.807) is 23.0 Å². The van der Waals surface area contributed by atoms with Crippen molar-refractivity contribution in [2.75, 3.05) is 13.2 Å². The number of aryl methyl sites for hydroxylation is 1. The largest absolute Gasteiger partial charge is 0.493 e.